The Morgan fingerprint density at radius 3 is 2.60 bits per heavy atom. The number of methoxy groups -OCH3 is 1. The number of piperidine rings is 2. The van der Waals surface area contributed by atoms with Crippen LogP contribution in [0.25, 0.3) is 21.9 Å². The highest BCUT2D eigenvalue weighted by Gasteiger charge is 2.28. The van der Waals surface area contributed by atoms with Gasteiger partial charge in [0, 0.05) is 48.2 Å². The van der Waals surface area contributed by atoms with Gasteiger partial charge in [-0.05, 0) is 75.5 Å². The van der Waals surface area contributed by atoms with E-state index in [9.17, 15) is 9.90 Å². The maximum absolute atomic E-state index is 11.1. The summed E-state index contributed by atoms with van der Waals surface area (Å²) in [5, 5.41) is 20.5. The predicted octanol–water partition coefficient (Wildman–Crippen LogP) is 4.70. The zero-order valence-electron chi connectivity index (χ0n) is 25.3. The Hall–Kier alpha value is -3.57. The summed E-state index contributed by atoms with van der Waals surface area (Å²) in [6, 6.07) is 13.6. The number of carboxylic acids is 1. The van der Waals surface area contributed by atoms with Gasteiger partial charge in [0.25, 0.3) is 0 Å². The number of likely N-dealkylation sites (tertiary alicyclic amines) is 2. The number of aromatic nitrogens is 1. The van der Waals surface area contributed by atoms with E-state index >= 15 is 0 Å². The molecule has 2 aliphatic rings. The van der Waals surface area contributed by atoms with Crippen molar-refractivity contribution in [3.63, 3.8) is 0 Å². The number of nitrogens with zero attached hydrogens (tertiary/aromatic N) is 2. The van der Waals surface area contributed by atoms with Gasteiger partial charge in [0.2, 0.25) is 0 Å². The molecule has 232 valence electrons. The second-order valence-corrected chi connectivity index (χ2v) is 11.9. The highest BCUT2D eigenvalue weighted by molar-refractivity contribution is 5.96. The van der Waals surface area contributed by atoms with Crippen molar-refractivity contribution < 1.29 is 28.9 Å². The molecule has 2 aromatic carbocycles. The number of nitrogens with two attached hydrogens (primary N) is 1. The normalized spacial score (nSPS) is 21.0. The number of carboxylic acid groups (broad SMARTS) is 1. The Morgan fingerprint density at radius 1 is 1.14 bits per heavy atom. The average Bonchev–Trinajstić information content (AvgIpc) is 3.64. The summed E-state index contributed by atoms with van der Waals surface area (Å²) in [4.78, 5) is 19.1. The maximum atomic E-state index is 11.1. The van der Waals surface area contributed by atoms with Crippen molar-refractivity contribution in [1.29, 1.82) is 0 Å². The van der Waals surface area contributed by atoms with E-state index in [1.54, 1.807) is 25.5 Å². The second-order valence-electron chi connectivity index (χ2n) is 11.9. The Labute approximate surface area is 252 Å². The predicted molar refractivity (Wildman–Crippen MR) is 167 cm³/mol. The third-order valence-corrected chi connectivity index (χ3v) is 8.76. The number of H-pyrrole nitrogens is 1. The van der Waals surface area contributed by atoms with Crippen molar-refractivity contribution in [2.24, 2.45) is 11.7 Å². The van der Waals surface area contributed by atoms with Crippen LogP contribution in [0, 0.1) is 5.92 Å². The van der Waals surface area contributed by atoms with Gasteiger partial charge in [0.15, 0.2) is 0 Å². The van der Waals surface area contributed by atoms with Gasteiger partial charge in [-0.3, -0.25) is 4.90 Å². The molecule has 0 radical (unpaired) electrons. The number of hydrogen-bond donors (Lipinski definition) is 4. The first-order valence-electron chi connectivity index (χ1n) is 15.1. The van der Waals surface area contributed by atoms with Crippen LogP contribution in [-0.2, 0) is 6.61 Å². The number of aromatic amines is 1. The van der Waals surface area contributed by atoms with Gasteiger partial charge in [0.1, 0.15) is 29.4 Å². The number of hydrogen-bond acceptors (Lipinski definition) is 8. The fourth-order valence-corrected chi connectivity index (χ4v) is 6.11. The minimum atomic E-state index is -1.01. The van der Waals surface area contributed by atoms with Crippen molar-refractivity contribution in [3.8, 4) is 11.5 Å². The van der Waals surface area contributed by atoms with Crippen molar-refractivity contribution in [2.45, 2.75) is 57.9 Å². The Balaban J connectivity index is 0.000000181. The smallest absolute Gasteiger partial charge is 0.352 e. The fraction of sp³-hybridized carbons (Fsp3) is 0.485. The van der Waals surface area contributed by atoms with Gasteiger partial charge in [-0.1, -0.05) is 19.1 Å². The number of carbonyl (C=O) groups is 1. The molecule has 0 saturated carbocycles. The molecule has 0 spiro atoms. The molecule has 10 heteroatoms. The summed E-state index contributed by atoms with van der Waals surface area (Å²) in [6.07, 6.45) is 4.76. The van der Waals surface area contributed by atoms with E-state index in [0.717, 1.165) is 79.7 Å². The number of aliphatic hydroxyl groups excluding tert-OH is 1. The van der Waals surface area contributed by atoms with E-state index in [1.807, 2.05) is 30.3 Å². The number of fused-ring (bicyclic) bond motifs is 2. The lowest BCUT2D eigenvalue weighted by Gasteiger charge is -2.41. The molecular formula is C33H44N4O6. The lowest BCUT2D eigenvalue weighted by molar-refractivity contribution is 0.0119. The molecule has 2 aliphatic heterocycles. The first-order valence-corrected chi connectivity index (χ1v) is 15.1. The molecule has 2 saturated heterocycles. The molecule has 2 fully saturated rings. The first kappa shape index (κ1) is 30.9. The molecule has 0 unspecified atom stereocenters. The lowest BCUT2D eigenvalue weighted by atomic mass is 9.95. The van der Waals surface area contributed by atoms with Crippen molar-refractivity contribution in [3.05, 3.63) is 60.0 Å². The minimum absolute atomic E-state index is 0.0959. The molecule has 4 aromatic rings. The third kappa shape index (κ3) is 7.33. The SMILES string of the molecule is COc1cccc2occ(COc3cccc4[nH]c(C(=O)O)cc34)c12.C[C@H]1CN([C@@H](C)CN2CCC(N)CC2)CC[C@@H]1O. The highest BCUT2D eigenvalue weighted by Crippen LogP contribution is 2.33. The molecule has 0 amide bonds. The summed E-state index contributed by atoms with van der Waals surface area (Å²) in [7, 11) is 1.61. The standard InChI is InChI=1S/C19H15NO5.C14H29N3O/c1-23-16-6-3-7-17-18(16)11(10-25-17)9-24-15-5-2-4-13-12(15)8-14(20-13)19(21)22;1-11-9-17(8-5-14(11)18)12(2)10-16-6-3-13(15)4-7-16/h2-8,10,20H,9H2,1H3,(H,21,22);11-14,18H,3-10,15H2,1-2H3/t;11-,12-,14-/m.0/s1. The summed E-state index contributed by atoms with van der Waals surface area (Å²) < 4.78 is 16.9. The quantitative estimate of drug-likeness (QED) is 0.229. The second kappa shape index (κ2) is 13.8. The van der Waals surface area contributed by atoms with Crippen LogP contribution in [0.1, 0.15) is 49.2 Å². The van der Waals surface area contributed by atoms with Crippen LogP contribution in [0.2, 0.25) is 0 Å². The molecule has 0 bridgehead atoms. The summed E-state index contributed by atoms with van der Waals surface area (Å²) in [5.74, 6) is 0.729. The Kier molecular flexibility index (Phi) is 9.92. The molecule has 4 heterocycles. The van der Waals surface area contributed by atoms with Crippen molar-refractivity contribution >= 4 is 27.8 Å². The van der Waals surface area contributed by atoms with Crippen LogP contribution in [0.4, 0.5) is 0 Å². The molecular weight excluding hydrogens is 548 g/mol. The molecule has 5 N–H and O–H groups in total. The third-order valence-electron chi connectivity index (χ3n) is 8.76. The highest BCUT2D eigenvalue weighted by atomic mass is 16.5. The van der Waals surface area contributed by atoms with Crippen LogP contribution in [-0.4, -0.2) is 89.0 Å². The number of aromatic carboxylic acids is 1. The summed E-state index contributed by atoms with van der Waals surface area (Å²) in [6.45, 7) is 10.3. The lowest BCUT2D eigenvalue weighted by Crippen LogP contribution is -2.51. The van der Waals surface area contributed by atoms with E-state index in [1.165, 1.54) is 0 Å². The Morgan fingerprint density at radius 2 is 1.88 bits per heavy atom. The fourth-order valence-electron chi connectivity index (χ4n) is 6.11. The monoisotopic (exact) mass is 592 g/mol. The zero-order chi connectivity index (χ0) is 30.5. The van der Waals surface area contributed by atoms with E-state index < -0.39 is 5.97 Å². The molecule has 3 atom stereocenters. The number of rotatable bonds is 8. The maximum Gasteiger partial charge on any atom is 0.352 e. The summed E-state index contributed by atoms with van der Waals surface area (Å²) in [5.41, 5.74) is 8.37. The van der Waals surface area contributed by atoms with Crippen LogP contribution >= 0.6 is 0 Å². The van der Waals surface area contributed by atoms with Crippen LogP contribution in [0.5, 0.6) is 11.5 Å². The van der Waals surface area contributed by atoms with Gasteiger partial charge in [-0.15, -0.1) is 0 Å². The Bertz CT molecular complexity index is 1510. The molecule has 10 nitrogen and oxygen atoms in total. The van der Waals surface area contributed by atoms with E-state index in [0.29, 0.717) is 29.3 Å². The zero-order valence-corrected chi connectivity index (χ0v) is 25.3. The van der Waals surface area contributed by atoms with Crippen molar-refractivity contribution in [1.82, 2.24) is 14.8 Å². The number of benzene rings is 2. The van der Waals surface area contributed by atoms with E-state index in [-0.39, 0.29) is 18.4 Å². The van der Waals surface area contributed by atoms with Crippen LogP contribution in [0.3, 0.4) is 0 Å². The molecule has 43 heavy (non-hydrogen) atoms. The largest absolute Gasteiger partial charge is 0.496 e. The number of aliphatic hydroxyl groups is 1. The van der Waals surface area contributed by atoms with Gasteiger partial charge in [-0.2, -0.15) is 0 Å². The first-order chi connectivity index (χ1) is 20.7. The average molecular weight is 593 g/mol. The number of nitrogens with one attached hydrogen (secondary N) is 1. The van der Waals surface area contributed by atoms with Gasteiger partial charge < -0.3 is 39.7 Å². The molecule has 0 aliphatic carbocycles. The van der Waals surface area contributed by atoms with E-state index in [2.05, 4.69) is 28.6 Å². The van der Waals surface area contributed by atoms with Gasteiger partial charge in [0.05, 0.1) is 24.9 Å². The number of furan rings is 1. The van der Waals surface area contributed by atoms with Crippen LogP contribution < -0.4 is 15.2 Å². The van der Waals surface area contributed by atoms with Gasteiger partial charge >= 0.3 is 5.97 Å². The van der Waals surface area contributed by atoms with E-state index in [4.69, 9.17) is 24.7 Å². The minimum Gasteiger partial charge on any atom is -0.496 e. The van der Waals surface area contributed by atoms with Crippen LogP contribution in [0.15, 0.2) is 53.1 Å². The summed E-state index contributed by atoms with van der Waals surface area (Å²) >= 11 is 0. The number of ether oxygens (including phenoxy) is 2. The van der Waals surface area contributed by atoms with Gasteiger partial charge in [-0.25, -0.2) is 4.79 Å². The van der Waals surface area contributed by atoms with Crippen molar-refractivity contribution in [2.75, 3.05) is 39.8 Å². The molecule has 6 rings (SSSR count). The topological polar surface area (TPSA) is 137 Å². The molecule has 2 aromatic heterocycles.